The maximum Gasteiger partial charge on any atom is 0.303 e. The molecule has 0 bridgehead atoms. The zero-order chi connectivity index (χ0) is 15.5. The second kappa shape index (κ2) is 10.5. The van der Waals surface area contributed by atoms with E-state index in [9.17, 15) is 9.59 Å². The summed E-state index contributed by atoms with van der Waals surface area (Å²) < 4.78 is 5.60. The second-order valence-electron chi connectivity index (χ2n) is 5.47. The molecule has 0 saturated heterocycles. The number of aliphatic hydroxyl groups excluding tert-OH is 1. The minimum Gasteiger partial charge on any atom is -0.481 e. The Labute approximate surface area is 126 Å². The number of unbranched alkanes of at least 4 members (excludes halogenated alkanes) is 4. The summed E-state index contributed by atoms with van der Waals surface area (Å²) in [5.41, 5.74) is 0.861. The van der Waals surface area contributed by atoms with Crippen LogP contribution in [0.25, 0.3) is 0 Å². The quantitative estimate of drug-likeness (QED) is 0.541. The molecular weight excluding hydrogens is 272 g/mol. The van der Waals surface area contributed by atoms with Crippen LogP contribution in [0.2, 0.25) is 0 Å². The third-order valence-corrected chi connectivity index (χ3v) is 3.60. The van der Waals surface area contributed by atoms with Crippen molar-refractivity contribution >= 4 is 11.8 Å². The standard InChI is InChI=1S/C16H26O5/c17-9-5-6-10-21-14-11-13(15(18)12-14)7-3-1-2-4-8-16(19)20/h11,14,17H,1-10,12H2,(H,19,20). The molecule has 0 amide bonds. The maximum atomic E-state index is 11.8. The molecule has 1 atom stereocenters. The lowest BCUT2D eigenvalue weighted by Gasteiger charge is -2.07. The molecule has 0 aromatic heterocycles. The molecule has 0 aromatic rings. The first-order valence-electron chi connectivity index (χ1n) is 7.81. The number of carboxylic acid groups (broad SMARTS) is 1. The lowest BCUT2D eigenvalue weighted by atomic mass is 10.0. The number of allylic oxidation sites excluding steroid dienone is 1. The van der Waals surface area contributed by atoms with Crippen molar-refractivity contribution in [2.24, 2.45) is 0 Å². The highest BCUT2D eigenvalue weighted by atomic mass is 16.5. The summed E-state index contributed by atoms with van der Waals surface area (Å²) in [7, 11) is 0. The fraction of sp³-hybridized carbons (Fsp3) is 0.750. The van der Waals surface area contributed by atoms with Gasteiger partial charge in [0.05, 0.1) is 6.10 Å². The van der Waals surface area contributed by atoms with Crippen LogP contribution in [0.1, 0.15) is 57.8 Å². The molecule has 1 aliphatic carbocycles. The first-order valence-corrected chi connectivity index (χ1v) is 7.81. The molecule has 0 aliphatic heterocycles. The van der Waals surface area contributed by atoms with E-state index in [0.717, 1.165) is 44.1 Å². The molecule has 0 heterocycles. The van der Waals surface area contributed by atoms with Gasteiger partial charge in [-0.3, -0.25) is 9.59 Å². The number of carbonyl (C=O) groups is 2. The Morgan fingerprint density at radius 1 is 1.19 bits per heavy atom. The van der Waals surface area contributed by atoms with E-state index in [1.54, 1.807) is 0 Å². The highest BCUT2D eigenvalue weighted by Crippen LogP contribution is 2.23. The summed E-state index contributed by atoms with van der Waals surface area (Å²) in [6.07, 6.45) is 8.29. The lowest BCUT2D eigenvalue weighted by molar-refractivity contribution is -0.137. The van der Waals surface area contributed by atoms with E-state index in [4.69, 9.17) is 14.9 Å². The van der Waals surface area contributed by atoms with Gasteiger partial charge in [0, 0.05) is 26.1 Å². The molecule has 2 N–H and O–H groups in total. The molecule has 1 unspecified atom stereocenters. The summed E-state index contributed by atoms with van der Waals surface area (Å²) in [5, 5.41) is 17.2. The summed E-state index contributed by atoms with van der Waals surface area (Å²) >= 11 is 0. The van der Waals surface area contributed by atoms with Crippen molar-refractivity contribution in [3.05, 3.63) is 11.6 Å². The van der Waals surface area contributed by atoms with E-state index in [2.05, 4.69) is 0 Å². The van der Waals surface area contributed by atoms with Gasteiger partial charge in [0.15, 0.2) is 5.78 Å². The molecule has 5 nitrogen and oxygen atoms in total. The van der Waals surface area contributed by atoms with Crippen molar-refractivity contribution in [3.8, 4) is 0 Å². The van der Waals surface area contributed by atoms with Crippen LogP contribution in [-0.2, 0) is 14.3 Å². The van der Waals surface area contributed by atoms with E-state index in [0.29, 0.717) is 19.4 Å². The minimum absolute atomic E-state index is 0.0989. The molecule has 120 valence electrons. The Morgan fingerprint density at radius 2 is 1.95 bits per heavy atom. The fourth-order valence-corrected chi connectivity index (χ4v) is 2.41. The second-order valence-corrected chi connectivity index (χ2v) is 5.47. The van der Waals surface area contributed by atoms with E-state index in [-0.39, 0.29) is 24.9 Å². The lowest BCUT2D eigenvalue weighted by Crippen LogP contribution is -2.10. The number of carbonyl (C=O) groups excluding carboxylic acids is 1. The highest BCUT2D eigenvalue weighted by Gasteiger charge is 2.23. The number of rotatable bonds is 12. The predicted molar refractivity (Wildman–Crippen MR) is 79.1 cm³/mol. The Hall–Kier alpha value is -1.20. The summed E-state index contributed by atoms with van der Waals surface area (Å²) in [6, 6.07) is 0. The summed E-state index contributed by atoms with van der Waals surface area (Å²) in [5.74, 6) is -0.572. The number of ketones is 1. The first-order chi connectivity index (χ1) is 10.1. The van der Waals surface area contributed by atoms with Gasteiger partial charge in [-0.25, -0.2) is 0 Å². The largest absolute Gasteiger partial charge is 0.481 e. The van der Waals surface area contributed by atoms with Gasteiger partial charge >= 0.3 is 5.97 Å². The van der Waals surface area contributed by atoms with Crippen LogP contribution in [-0.4, -0.2) is 41.3 Å². The fourth-order valence-electron chi connectivity index (χ4n) is 2.41. The zero-order valence-corrected chi connectivity index (χ0v) is 12.6. The predicted octanol–water partition coefficient (Wildman–Crippen LogP) is 2.47. The van der Waals surface area contributed by atoms with Crippen LogP contribution < -0.4 is 0 Å². The number of ether oxygens (including phenoxy) is 1. The number of Topliss-reactive ketones (excluding diaryl/α,β-unsaturated/α-hetero) is 1. The van der Waals surface area contributed by atoms with Crippen molar-refractivity contribution < 1.29 is 24.5 Å². The Morgan fingerprint density at radius 3 is 2.67 bits per heavy atom. The monoisotopic (exact) mass is 298 g/mol. The van der Waals surface area contributed by atoms with Crippen molar-refractivity contribution in [1.29, 1.82) is 0 Å². The van der Waals surface area contributed by atoms with Crippen molar-refractivity contribution in [3.63, 3.8) is 0 Å². The van der Waals surface area contributed by atoms with Crippen LogP contribution in [0.5, 0.6) is 0 Å². The third kappa shape index (κ3) is 7.97. The number of aliphatic hydroxyl groups is 1. The maximum absolute atomic E-state index is 11.8. The molecule has 1 aliphatic rings. The van der Waals surface area contributed by atoms with Crippen LogP contribution >= 0.6 is 0 Å². The van der Waals surface area contributed by atoms with Gasteiger partial charge in [-0.1, -0.05) is 12.8 Å². The topological polar surface area (TPSA) is 83.8 Å². The van der Waals surface area contributed by atoms with Gasteiger partial charge in [0.2, 0.25) is 0 Å². The van der Waals surface area contributed by atoms with E-state index in [1.807, 2.05) is 6.08 Å². The average Bonchev–Trinajstić information content (AvgIpc) is 2.79. The molecule has 1 rings (SSSR count). The number of aliphatic carboxylic acids is 1. The number of hydrogen-bond donors (Lipinski definition) is 2. The third-order valence-electron chi connectivity index (χ3n) is 3.60. The van der Waals surface area contributed by atoms with E-state index >= 15 is 0 Å². The van der Waals surface area contributed by atoms with Crippen LogP contribution in [0.15, 0.2) is 11.6 Å². The number of hydrogen-bond acceptors (Lipinski definition) is 4. The van der Waals surface area contributed by atoms with Gasteiger partial charge in [-0.2, -0.15) is 0 Å². The van der Waals surface area contributed by atoms with E-state index < -0.39 is 5.97 Å². The van der Waals surface area contributed by atoms with Gasteiger partial charge < -0.3 is 14.9 Å². The van der Waals surface area contributed by atoms with Crippen molar-refractivity contribution in [2.45, 2.75) is 63.9 Å². The van der Waals surface area contributed by atoms with Crippen LogP contribution in [0.4, 0.5) is 0 Å². The van der Waals surface area contributed by atoms with Gasteiger partial charge in [-0.15, -0.1) is 0 Å². The molecule has 0 saturated carbocycles. The molecular formula is C16H26O5. The number of carboxylic acids is 1. The first kappa shape index (κ1) is 17.9. The van der Waals surface area contributed by atoms with Crippen molar-refractivity contribution in [2.75, 3.05) is 13.2 Å². The average molecular weight is 298 g/mol. The van der Waals surface area contributed by atoms with Crippen molar-refractivity contribution in [1.82, 2.24) is 0 Å². The zero-order valence-electron chi connectivity index (χ0n) is 12.6. The van der Waals surface area contributed by atoms with Gasteiger partial charge in [0.25, 0.3) is 0 Å². The molecule has 0 fully saturated rings. The van der Waals surface area contributed by atoms with Crippen LogP contribution in [0, 0.1) is 0 Å². The summed E-state index contributed by atoms with van der Waals surface area (Å²) in [4.78, 5) is 22.2. The minimum atomic E-state index is -0.745. The van der Waals surface area contributed by atoms with Crippen LogP contribution in [0.3, 0.4) is 0 Å². The smallest absolute Gasteiger partial charge is 0.303 e. The summed E-state index contributed by atoms with van der Waals surface area (Å²) in [6.45, 7) is 0.757. The van der Waals surface area contributed by atoms with Gasteiger partial charge in [0.1, 0.15) is 0 Å². The highest BCUT2D eigenvalue weighted by molar-refractivity contribution is 5.98. The van der Waals surface area contributed by atoms with E-state index in [1.165, 1.54) is 0 Å². The normalized spacial score (nSPS) is 18.0. The van der Waals surface area contributed by atoms with Gasteiger partial charge in [-0.05, 0) is 43.8 Å². The molecule has 0 spiro atoms. The molecule has 0 radical (unpaired) electrons. The molecule has 21 heavy (non-hydrogen) atoms. The molecule has 5 heteroatoms. The Balaban J connectivity index is 2.12. The Kier molecular flexibility index (Phi) is 8.94. The Bertz CT molecular complexity index is 362. The SMILES string of the molecule is O=C(O)CCCCCCC1=CC(OCCCCO)CC1=O. The molecule has 0 aromatic carbocycles.